The maximum atomic E-state index is 11.7. The van der Waals surface area contributed by atoms with Gasteiger partial charge in [-0.1, -0.05) is 0 Å². The number of hydrogen-bond donors (Lipinski definition) is 0. The third-order valence-corrected chi connectivity index (χ3v) is 3.00. The number of ether oxygens (including phenoxy) is 1. The van der Waals surface area contributed by atoms with Crippen molar-refractivity contribution < 1.29 is 14.5 Å². The molecule has 0 aliphatic heterocycles. The van der Waals surface area contributed by atoms with Crippen LogP contribution in [0, 0.1) is 10.1 Å². The van der Waals surface area contributed by atoms with Crippen LogP contribution in [0.2, 0.25) is 0 Å². The molecule has 0 saturated carbocycles. The fraction of sp³-hybridized carbons (Fsp3) is 0.364. The molecule has 0 aliphatic carbocycles. The number of nitrogens with zero attached hydrogens (tertiary/aromatic N) is 2. The molecule has 98 valence electrons. The standard InChI is InChI=1S/C11H13BrN2O4/c1-3-13(4-2)11(15)18-10-7-8(14(16)17)5-6-9(10)12/h5-7H,3-4H2,1-2H3. The summed E-state index contributed by atoms with van der Waals surface area (Å²) in [6.45, 7) is 4.68. The zero-order valence-corrected chi connectivity index (χ0v) is 11.6. The highest BCUT2D eigenvalue weighted by molar-refractivity contribution is 9.10. The first-order valence-corrected chi connectivity index (χ1v) is 6.19. The van der Waals surface area contributed by atoms with Gasteiger partial charge in [0.15, 0.2) is 5.75 Å². The summed E-state index contributed by atoms with van der Waals surface area (Å²) < 4.78 is 5.61. The highest BCUT2D eigenvalue weighted by atomic mass is 79.9. The second-order valence-corrected chi connectivity index (χ2v) is 4.27. The van der Waals surface area contributed by atoms with Crippen molar-refractivity contribution in [3.8, 4) is 5.75 Å². The van der Waals surface area contributed by atoms with E-state index < -0.39 is 11.0 Å². The number of benzene rings is 1. The quantitative estimate of drug-likeness (QED) is 0.631. The molecule has 7 heteroatoms. The Bertz CT molecular complexity index is 460. The second-order valence-electron chi connectivity index (χ2n) is 3.41. The van der Waals surface area contributed by atoms with E-state index >= 15 is 0 Å². The molecule has 0 aliphatic rings. The van der Waals surface area contributed by atoms with Crippen molar-refractivity contribution in [2.75, 3.05) is 13.1 Å². The van der Waals surface area contributed by atoms with E-state index in [1.54, 1.807) is 0 Å². The molecule has 0 N–H and O–H groups in total. The van der Waals surface area contributed by atoms with Crippen LogP contribution in [0.5, 0.6) is 5.75 Å². The Hall–Kier alpha value is -1.63. The van der Waals surface area contributed by atoms with Gasteiger partial charge in [-0.15, -0.1) is 0 Å². The molecule has 1 aromatic rings. The summed E-state index contributed by atoms with van der Waals surface area (Å²) in [7, 11) is 0. The SMILES string of the molecule is CCN(CC)C(=O)Oc1cc([N+](=O)[O-])ccc1Br. The van der Waals surface area contributed by atoms with Crippen molar-refractivity contribution in [1.82, 2.24) is 4.90 Å². The molecule has 0 aromatic heterocycles. The lowest BCUT2D eigenvalue weighted by atomic mass is 10.3. The molecule has 0 atom stereocenters. The number of non-ortho nitro benzene ring substituents is 1. The Labute approximate surface area is 113 Å². The summed E-state index contributed by atoms with van der Waals surface area (Å²) in [5.74, 6) is 0.140. The topological polar surface area (TPSA) is 72.7 Å². The van der Waals surface area contributed by atoms with E-state index in [1.807, 2.05) is 13.8 Å². The molecule has 0 fully saturated rings. The van der Waals surface area contributed by atoms with E-state index in [1.165, 1.54) is 23.1 Å². The van der Waals surface area contributed by atoms with Crippen LogP contribution in [-0.4, -0.2) is 29.0 Å². The highest BCUT2D eigenvalue weighted by Gasteiger charge is 2.16. The third-order valence-electron chi connectivity index (χ3n) is 2.34. The second kappa shape index (κ2) is 6.34. The predicted molar refractivity (Wildman–Crippen MR) is 69.7 cm³/mol. The van der Waals surface area contributed by atoms with E-state index in [4.69, 9.17) is 4.74 Å². The summed E-state index contributed by atoms with van der Waals surface area (Å²) in [6, 6.07) is 4.02. The minimum Gasteiger partial charge on any atom is -0.409 e. The number of nitro benzene ring substituents is 1. The van der Waals surface area contributed by atoms with Crippen LogP contribution >= 0.6 is 15.9 Å². The first-order valence-electron chi connectivity index (χ1n) is 5.40. The number of carbonyl (C=O) groups is 1. The Morgan fingerprint density at radius 1 is 1.44 bits per heavy atom. The molecule has 1 aromatic carbocycles. The summed E-state index contributed by atoms with van der Waals surface area (Å²) >= 11 is 3.18. The molecule has 1 rings (SSSR count). The Kier molecular flexibility index (Phi) is 5.08. The van der Waals surface area contributed by atoms with Gasteiger partial charge >= 0.3 is 6.09 Å². The van der Waals surface area contributed by atoms with Gasteiger partial charge in [0.2, 0.25) is 0 Å². The number of carbonyl (C=O) groups excluding carboxylic acids is 1. The molecule has 0 heterocycles. The highest BCUT2D eigenvalue weighted by Crippen LogP contribution is 2.29. The first kappa shape index (κ1) is 14.4. The van der Waals surface area contributed by atoms with Gasteiger partial charge < -0.3 is 9.64 Å². The van der Waals surface area contributed by atoms with E-state index in [-0.39, 0.29) is 11.4 Å². The molecular formula is C11H13BrN2O4. The monoisotopic (exact) mass is 316 g/mol. The average Bonchev–Trinajstić information content (AvgIpc) is 2.33. The smallest absolute Gasteiger partial charge is 0.409 e. The molecule has 0 saturated heterocycles. The van der Waals surface area contributed by atoms with E-state index in [9.17, 15) is 14.9 Å². The van der Waals surface area contributed by atoms with Gasteiger partial charge in [0.1, 0.15) is 0 Å². The van der Waals surface area contributed by atoms with E-state index in [0.29, 0.717) is 17.6 Å². The van der Waals surface area contributed by atoms with Gasteiger partial charge in [-0.05, 0) is 35.8 Å². The Morgan fingerprint density at radius 2 is 2.06 bits per heavy atom. The van der Waals surface area contributed by atoms with Gasteiger partial charge in [-0.2, -0.15) is 0 Å². The van der Waals surface area contributed by atoms with Crippen LogP contribution in [0.15, 0.2) is 22.7 Å². The van der Waals surface area contributed by atoms with Gasteiger partial charge in [-0.3, -0.25) is 10.1 Å². The first-order chi connectivity index (χ1) is 8.49. The largest absolute Gasteiger partial charge is 0.415 e. The van der Waals surface area contributed by atoms with Crippen LogP contribution < -0.4 is 4.74 Å². The van der Waals surface area contributed by atoms with Gasteiger partial charge in [0.25, 0.3) is 5.69 Å². The van der Waals surface area contributed by atoms with Crippen molar-refractivity contribution in [1.29, 1.82) is 0 Å². The maximum Gasteiger partial charge on any atom is 0.415 e. The number of nitro groups is 1. The summed E-state index contributed by atoms with van der Waals surface area (Å²) in [6.07, 6.45) is -0.527. The van der Waals surface area contributed by atoms with Crippen LogP contribution in [0.4, 0.5) is 10.5 Å². The van der Waals surface area contributed by atoms with Crippen molar-refractivity contribution in [2.24, 2.45) is 0 Å². The summed E-state index contributed by atoms with van der Waals surface area (Å²) in [4.78, 5) is 23.3. The molecule has 0 unspecified atom stereocenters. The Balaban J connectivity index is 2.93. The number of hydrogen-bond acceptors (Lipinski definition) is 4. The fourth-order valence-electron chi connectivity index (χ4n) is 1.32. The molecule has 6 nitrogen and oxygen atoms in total. The Morgan fingerprint density at radius 3 is 2.56 bits per heavy atom. The fourth-order valence-corrected chi connectivity index (χ4v) is 1.65. The van der Waals surface area contributed by atoms with Gasteiger partial charge in [0, 0.05) is 19.2 Å². The molecule has 0 radical (unpaired) electrons. The minimum atomic E-state index is -0.540. The zero-order chi connectivity index (χ0) is 13.7. The number of rotatable bonds is 4. The minimum absolute atomic E-state index is 0.124. The third kappa shape index (κ3) is 3.43. The predicted octanol–water partition coefficient (Wildman–Crippen LogP) is 3.20. The molecular weight excluding hydrogens is 304 g/mol. The van der Waals surface area contributed by atoms with Crippen molar-refractivity contribution >= 4 is 27.7 Å². The van der Waals surface area contributed by atoms with Gasteiger partial charge in [-0.25, -0.2) is 4.79 Å². The molecule has 18 heavy (non-hydrogen) atoms. The molecule has 1 amide bonds. The van der Waals surface area contributed by atoms with Crippen molar-refractivity contribution in [3.63, 3.8) is 0 Å². The zero-order valence-electron chi connectivity index (χ0n) is 10.1. The van der Waals surface area contributed by atoms with Crippen LogP contribution in [0.1, 0.15) is 13.8 Å². The number of halogens is 1. The van der Waals surface area contributed by atoms with Crippen molar-refractivity contribution in [2.45, 2.75) is 13.8 Å². The van der Waals surface area contributed by atoms with Crippen LogP contribution in [0.3, 0.4) is 0 Å². The molecule has 0 bridgehead atoms. The van der Waals surface area contributed by atoms with Gasteiger partial charge in [0.05, 0.1) is 15.5 Å². The molecule has 0 spiro atoms. The lowest BCUT2D eigenvalue weighted by Crippen LogP contribution is -2.33. The van der Waals surface area contributed by atoms with E-state index in [2.05, 4.69) is 15.9 Å². The lowest BCUT2D eigenvalue weighted by molar-refractivity contribution is -0.384. The summed E-state index contributed by atoms with van der Waals surface area (Å²) in [5.41, 5.74) is -0.124. The number of amides is 1. The maximum absolute atomic E-state index is 11.7. The summed E-state index contributed by atoms with van der Waals surface area (Å²) in [5, 5.41) is 10.6. The normalized spacial score (nSPS) is 9.94. The average molecular weight is 317 g/mol. The van der Waals surface area contributed by atoms with Crippen molar-refractivity contribution in [3.05, 3.63) is 32.8 Å². The van der Waals surface area contributed by atoms with E-state index in [0.717, 1.165) is 0 Å². The van der Waals surface area contributed by atoms with Crippen LogP contribution in [-0.2, 0) is 0 Å². The van der Waals surface area contributed by atoms with Crippen LogP contribution in [0.25, 0.3) is 0 Å². The lowest BCUT2D eigenvalue weighted by Gasteiger charge is -2.18.